The lowest BCUT2D eigenvalue weighted by molar-refractivity contribution is 0.446. The molecule has 164 valence electrons. The molecule has 3 heteroatoms. The van der Waals surface area contributed by atoms with E-state index in [-0.39, 0.29) is 0 Å². The van der Waals surface area contributed by atoms with E-state index in [1.54, 1.807) is 17.7 Å². The van der Waals surface area contributed by atoms with Gasteiger partial charge in [0, 0.05) is 11.6 Å². The fourth-order valence-corrected chi connectivity index (χ4v) is 5.27. The standard InChI is InChI=1S/C17H24.C11H10O2S/c1-4-13(3)12-14(5-2)16-10-6-8-15-9-7-11-17(15)16;1-14(12,13)11-8-4-6-9-5-2-3-7-10(9)11/h6-8,10-11,13-14H,4-5,9,12H2,1-3H3;2-8H,1H3. The Balaban J connectivity index is 0.000000179. The van der Waals surface area contributed by atoms with Gasteiger partial charge in [-0.1, -0.05) is 93.9 Å². The lowest BCUT2D eigenvalue weighted by Gasteiger charge is -2.21. The average Bonchev–Trinajstić information content (AvgIpc) is 3.26. The Morgan fingerprint density at radius 2 is 1.61 bits per heavy atom. The zero-order valence-corrected chi connectivity index (χ0v) is 20.0. The highest BCUT2D eigenvalue weighted by atomic mass is 32.2. The van der Waals surface area contributed by atoms with Crippen LogP contribution in [0.25, 0.3) is 16.8 Å². The van der Waals surface area contributed by atoms with E-state index in [4.69, 9.17) is 0 Å². The molecule has 2 unspecified atom stereocenters. The van der Waals surface area contributed by atoms with Crippen molar-refractivity contribution < 1.29 is 8.42 Å². The topological polar surface area (TPSA) is 34.1 Å². The summed E-state index contributed by atoms with van der Waals surface area (Å²) >= 11 is 0. The predicted molar refractivity (Wildman–Crippen MR) is 133 cm³/mol. The third kappa shape index (κ3) is 5.65. The molecular formula is C28H34O2S. The van der Waals surface area contributed by atoms with Crippen molar-refractivity contribution in [1.82, 2.24) is 0 Å². The zero-order valence-electron chi connectivity index (χ0n) is 19.1. The van der Waals surface area contributed by atoms with Crippen LogP contribution >= 0.6 is 0 Å². The molecule has 0 aromatic heterocycles. The van der Waals surface area contributed by atoms with E-state index in [9.17, 15) is 8.42 Å². The Kier molecular flexibility index (Phi) is 7.72. The van der Waals surface area contributed by atoms with E-state index in [0.29, 0.717) is 4.90 Å². The Morgan fingerprint density at radius 3 is 2.32 bits per heavy atom. The second-order valence-electron chi connectivity index (χ2n) is 8.63. The maximum absolute atomic E-state index is 11.4. The zero-order chi connectivity index (χ0) is 22.4. The lowest BCUT2D eigenvalue weighted by atomic mass is 9.84. The number of benzene rings is 3. The van der Waals surface area contributed by atoms with Gasteiger partial charge in [0.25, 0.3) is 0 Å². The molecule has 1 aliphatic carbocycles. The van der Waals surface area contributed by atoms with Crippen LogP contribution in [0, 0.1) is 5.92 Å². The first-order valence-electron chi connectivity index (χ1n) is 11.3. The molecule has 4 rings (SSSR count). The molecule has 0 heterocycles. The molecule has 0 radical (unpaired) electrons. The van der Waals surface area contributed by atoms with Crippen molar-refractivity contribution in [3.05, 3.63) is 83.4 Å². The summed E-state index contributed by atoms with van der Waals surface area (Å²) in [5.74, 6) is 1.57. The van der Waals surface area contributed by atoms with E-state index in [2.05, 4.69) is 51.1 Å². The van der Waals surface area contributed by atoms with Gasteiger partial charge in [-0.2, -0.15) is 0 Å². The summed E-state index contributed by atoms with van der Waals surface area (Å²) in [7, 11) is -3.13. The Bertz CT molecular complexity index is 1150. The maximum Gasteiger partial charge on any atom is 0.176 e. The summed E-state index contributed by atoms with van der Waals surface area (Å²) in [4.78, 5) is 0.399. The van der Waals surface area contributed by atoms with Gasteiger partial charge in [0.15, 0.2) is 9.84 Å². The third-order valence-electron chi connectivity index (χ3n) is 6.32. The quantitative estimate of drug-likeness (QED) is 0.404. The molecule has 3 aromatic rings. The van der Waals surface area contributed by atoms with E-state index in [1.807, 2.05) is 30.3 Å². The summed E-state index contributed by atoms with van der Waals surface area (Å²) < 4.78 is 22.9. The fraction of sp³-hybridized carbons (Fsp3) is 0.357. The number of fused-ring (bicyclic) bond motifs is 2. The lowest BCUT2D eigenvalue weighted by Crippen LogP contribution is -2.06. The predicted octanol–water partition coefficient (Wildman–Crippen LogP) is 7.43. The van der Waals surface area contributed by atoms with Crippen LogP contribution < -0.4 is 0 Å². The van der Waals surface area contributed by atoms with Crippen LogP contribution in [0.1, 0.15) is 62.6 Å². The first-order chi connectivity index (χ1) is 14.8. The summed E-state index contributed by atoms with van der Waals surface area (Å²) in [6, 6.07) is 19.6. The van der Waals surface area contributed by atoms with Gasteiger partial charge in [0.2, 0.25) is 0 Å². The fourth-order valence-electron chi connectivity index (χ4n) is 4.36. The summed E-state index contributed by atoms with van der Waals surface area (Å²) in [6.07, 6.45) is 10.9. The Labute approximate surface area is 187 Å². The van der Waals surface area contributed by atoms with Gasteiger partial charge in [-0.25, -0.2) is 8.42 Å². The van der Waals surface area contributed by atoms with Crippen LogP contribution in [0.4, 0.5) is 0 Å². The number of rotatable bonds is 6. The average molecular weight is 435 g/mol. The molecule has 0 aliphatic heterocycles. The Morgan fingerprint density at radius 1 is 0.903 bits per heavy atom. The van der Waals surface area contributed by atoms with Crippen LogP contribution in [0.5, 0.6) is 0 Å². The van der Waals surface area contributed by atoms with Crippen molar-refractivity contribution in [2.75, 3.05) is 6.26 Å². The second-order valence-corrected chi connectivity index (χ2v) is 10.6. The minimum atomic E-state index is -3.13. The highest BCUT2D eigenvalue weighted by Crippen LogP contribution is 2.34. The molecule has 0 amide bonds. The molecule has 0 fully saturated rings. The minimum Gasteiger partial charge on any atom is -0.224 e. The molecule has 3 aromatic carbocycles. The first-order valence-corrected chi connectivity index (χ1v) is 13.2. The van der Waals surface area contributed by atoms with Gasteiger partial charge in [0.05, 0.1) is 4.90 Å². The van der Waals surface area contributed by atoms with Crippen LogP contribution in [0.15, 0.2) is 71.6 Å². The number of hydrogen-bond donors (Lipinski definition) is 0. The molecule has 31 heavy (non-hydrogen) atoms. The third-order valence-corrected chi connectivity index (χ3v) is 7.47. The SMILES string of the molecule is CCC(C)CC(CC)c1cccc2c1C=CC2.CS(=O)(=O)c1cccc2ccccc12. The van der Waals surface area contributed by atoms with Crippen molar-refractivity contribution in [1.29, 1.82) is 0 Å². The van der Waals surface area contributed by atoms with Crippen molar-refractivity contribution >= 4 is 26.7 Å². The number of hydrogen-bond acceptors (Lipinski definition) is 2. The largest absolute Gasteiger partial charge is 0.224 e. The molecular weight excluding hydrogens is 400 g/mol. The Hall–Kier alpha value is -2.39. The normalized spacial score (nSPS) is 14.6. The minimum absolute atomic E-state index is 0.399. The first kappa shape index (κ1) is 23.3. The van der Waals surface area contributed by atoms with Crippen LogP contribution in [0.2, 0.25) is 0 Å². The van der Waals surface area contributed by atoms with E-state index >= 15 is 0 Å². The molecule has 1 aliphatic rings. The second kappa shape index (κ2) is 10.3. The van der Waals surface area contributed by atoms with E-state index in [1.165, 1.54) is 36.6 Å². The number of sulfone groups is 1. The highest BCUT2D eigenvalue weighted by molar-refractivity contribution is 7.91. The molecule has 0 saturated carbocycles. The molecule has 0 bridgehead atoms. The van der Waals surface area contributed by atoms with Gasteiger partial charge in [-0.15, -0.1) is 0 Å². The van der Waals surface area contributed by atoms with E-state index < -0.39 is 9.84 Å². The van der Waals surface area contributed by atoms with Crippen molar-refractivity contribution in [3.8, 4) is 0 Å². The van der Waals surface area contributed by atoms with E-state index in [0.717, 1.165) is 29.0 Å². The van der Waals surface area contributed by atoms with Crippen LogP contribution in [-0.2, 0) is 16.3 Å². The van der Waals surface area contributed by atoms with Crippen LogP contribution in [0.3, 0.4) is 0 Å². The van der Waals surface area contributed by atoms with Crippen molar-refractivity contribution in [3.63, 3.8) is 0 Å². The monoisotopic (exact) mass is 434 g/mol. The summed E-state index contributed by atoms with van der Waals surface area (Å²) in [5, 5.41) is 1.74. The maximum atomic E-state index is 11.4. The smallest absolute Gasteiger partial charge is 0.176 e. The molecule has 2 atom stereocenters. The molecule has 0 N–H and O–H groups in total. The van der Waals surface area contributed by atoms with Gasteiger partial charge in [-0.3, -0.25) is 0 Å². The van der Waals surface area contributed by atoms with Crippen molar-refractivity contribution in [2.45, 2.75) is 57.3 Å². The summed E-state index contributed by atoms with van der Waals surface area (Å²) in [6.45, 7) is 7.00. The molecule has 0 saturated heterocycles. The van der Waals surface area contributed by atoms with Gasteiger partial charge in [-0.05, 0) is 59.2 Å². The molecule has 2 nitrogen and oxygen atoms in total. The van der Waals surface area contributed by atoms with Gasteiger partial charge in [0.1, 0.15) is 0 Å². The molecule has 0 spiro atoms. The van der Waals surface area contributed by atoms with Gasteiger partial charge < -0.3 is 0 Å². The number of allylic oxidation sites excluding steroid dienone is 1. The van der Waals surface area contributed by atoms with Crippen molar-refractivity contribution in [2.24, 2.45) is 5.92 Å². The van der Waals surface area contributed by atoms with Crippen LogP contribution in [-0.4, -0.2) is 14.7 Å². The van der Waals surface area contributed by atoms with Gasteiger partial charge >= 0.3 is 0 Å². The summed E-state index contributed by atoms with van der Waals surface area (Å²) in [5.41, 5.74) is 4.62. The highest BCUT2D eigenvalue weighted by Gasteiger charge is 2.18.